The number of hydrogen-bond donors (Lipinski definition) is 0. The Morgan fingerprint density at radius 1 is 1.07 bits per heavy atom. The molecule has 0 unspecified atom stereocenters. The van der Waals surface area contributed by atoms with E-state index in [1.54, 1.807) is 12.0 Å². The molecule has 0 aliphatic rings. The molecule has 0 bridgehead atoms. The fraction of sp³-hybridized carbons (Fsp3) is 0.318. The zero-order chi connectivity index (χ0) is 20.8. The van der Waals surface area contributed by atoms with Crippen molar-refractivity contribution >= 4 is 5.91 Å². The van der Waals surface area contributed by atoms with Crippen LogP contribution in [0.4, 0.5) is 0 Å². The van der Waals surface area contributed by atoms with Crippen molar-refractivity contribution in [1.29, 1.82) is 0 Å². The number of aryl methyl sites for hydroxylation is 2. The van der Waals surface area contributed by atoms with E-state index < -0.39 is 0 Å². The number of likely N-dealkylation sites (N-methyl/N-ethyl adjacent to an activating group) is 1. The minimum Gasteiger partial charge on any atom is -0.497 e. The topological polar surface area (TPSA) is 77.7 Å². The minimum atomic E-state index is -0.143. The van der Waals surface area contributed by atoms with Crippen LogP contribution < -0.4 is 9.47 Å². The highest BCUT2D eigenvalue weighted by Gasteiger charge is 2.17. The SMILES string of the molecule is CCN(Cc1nc(-c2ccc(OC)cc2)no1)C(=O)COc1cc(C)cc(C)c1. The van der Waals surface area contributed by atoms with Crippen LogP contribution in [0.2, 0.25) is 0 Å². The summed E-state index contributed by atoms with van der Waals surface area (Å²) in [6.45, 7) is 6.58. The summed E-state index contributed by atoms with van der Waals surface area (Å²) < 4.78 is 16.2. The summed E-state index contributed by atoms with van der Waals surface area (Å²) in [5.74, 6) is 2.14. The molecule has 3 aromatic rings. The first-order chi connectivity index (χ1) is 14.0. The van der Waals surface area contributed by atoms with Crippen molar-refractivity contribution in [3.63, 3.8) is 0 Å². The first kappa shape index (κ1) is 20.4. The molecular formula is C22H25N3O4. The molecule has 0 saturated carbocycles. The van der Waals surface area contributed by atoms with Crippen molar-refractivity contribution in [2.24, 2.45) is 0 Å². The van der Waals surface area contributed by atoms with Gasteiger partial charge in [-0.3, -0.25) is 4.79 Å². The van der Waals surface area contributed by atoms with Crippen LogP contribution >= 0.6 is 0 Å². The van der Waals surface area contributed by atoms with E-state index in [0.29, 0.717) is 24.0 Å². The number of ether oxygens (including phenoxy) is 2. The van der Waals surface area contributed by atoms with E-state index in [1.807, 2.05) is 57.2 Å². The standard InChI is InChI=1S/C22H25N3O4/c1-5-25(21(26)14-28-19-11-15(2)10-16(3)12-19)13-20-23-22(24-29-20)17-6-8-18(27-4)9-7-17/h6-12H,5,13-14H2,1-4H3. The van der Waals surface area contributed by atoms with Crippen LogP contribution in [0.5, 0.6) is 11.5 Å². The van der Waals surface area contributed by atoms with Crippen LogP contribution in [0.3, 0.4) is 0 Å². The maximum atomic E-state index is 12.6. The Kier molecular flexibility index (Phi) is 6.49. The van der Waals surface area contributed by atoms with Gasteiger partial charge in [-0.2, -0.15) is 4.98 Å². The normalized spacial score (nSPS) is 10.6. The third-order valence-electron chi connectivity index (χ3n) is 4.43. The van der Waals surface area contributed by atoms with Crippen molar-refractivity contribution in [1.82, 2.24) is 15.0 Å². The summed E-state index contributed by atoms with van der Waals surface area (Å²) in [6, 6.07) is 13.3. The highest BCUT2D eigenvalue weighted by atomic mass is 16.5. The summed E-state index contributed by atoms with van der Waals surface area (Å²) in [7, 11) is 1.61. The summed E-state index contributed by atoms with van der Waals surface area (Å²) in [4.78, 5) is 18.6. The van der Waals surface area contributed by atoms with Crippen molar-refractivity contribution in [3.8, 4) is 22.9 Å². The molecule has 1 heterocycles. The predicted octanol–water partition coefficient (Wildman–Crippen LogP) is 3.79. The zero-order valence-electron chi connectivity index (χ0n) is 17.1. The lowest BCUT2D eigenvalue weighted by Gasteiger charge is -2.19. The second-order valence-electron chi connectivity index (χ2n) is 6.76. The average molecular weight is 395 g/mol. The second kappa shape index (κ2) is 9.23. The molecule has 1 amide bonds. The molecule has 29 heavy (non-hydrogen) atoms. The highest BCUT2D eigenvalue weighted by Crippen LogP contribution is 2.20. The number of carbonyl (C=O) groups excluding carboxylic acids is 1. The van der Waals surface area contributed by atoms with Gasteiger partial charge in [-0.25, -0.2) is 0 Å². The first-order valence-electron chi connectivity index (χ1n) is 9.44. The number of carbonyl (C=O) groups is 1. The Balaban J connectivity index is 1.61. The van der Waals surface area contributed by atoms with Gasteiger partial charge in [0.15, 0.2) is 6.61 Å². The Morgan fingerprint density at radius 3 is 2.38 bits per heavy atom. The molecule has 3 rings (SSSR count). The second-order valence-corrected chi connectivity index (χ2v) is 6.76. The molecule has 7 nitrogen and oxygen atoms in total. The molecule has 0 saturated heterocycles. The number of rotatable bonds is 8. The fourth-order valence-corrected chi connectivity index (χ4v) is 2.97. The highest BCUT2D eigenvalue weighted by molar-refractivity contribution is 5.77. The molecule has 0 aliphatic heterocycles. The van der Waals surface area contributed by atoms with Crippen molar-refractivity contribution in [2.75, 3.05) is 20.3 Å². The zero-order valence-corrected chi connectivity index (χ0v) is 17.1. The maximum absolute atomic E-state index is 12.6. The monoisotopic (exact) mass is 395 g/mol. The molecule has 0 radical (unpaired) electrons. The molecular weight excluding hydrogens is 370 g/mol. The van der Waals surface area contributed by atoms with Crippen molar-refractivity contribution in [2.45, 2.75) is 27.3 Å². The Morgan fingerprint density at radius 2 is 1.76 bits per heavy atom. The lowest BCUT2D eigenvalue weighted by molar-refractivity contribution is -0.134. The van der Waals surface area contributed by atoms with Gasteiger partial charge in [0, 0.05) is 12.1 Å². The predicted molar refractivity (Wildman–Crippen MR) is 109 cm³/mol. The smallest absolute Gasteiger partial charge is 0.260 e. The van der Waals surface area contributed by atoms with E-state index in [-0.39, 0.29) is 19.1 Å². The number of amides is 1. The summed E-state index contributed by atoms with van der Waals surface area (Å²) in [5.41, 5.74) is 3.00. The molecule has 0 N–H and O–H groups in total. The van der Waals surface area contributed by atoms with Gasteiger partial charge in [-0.15, -0.1) is 0 Å². The Bertz CT molecular complexity index is 946. The summed E-state index contributed by atoms with van der Waals surface area (Å²) >= 11 is 0. The molecule has 1 aromatic heterocycles. The van der Waals surface area contributed by atoms with Gasteiger partial charge in [-0.1, -0.05) is 11.2 Å². The quantitative estimate of drug-likeness (QED) is 0.577. The van der Waals surface area contributed by atoms with Crippen molar-refractivity contribution in [3.05, 3.63) is 59.5 Å². The average Bonchev–Trinajstić information content (AvgIpc) is 3.18. The van der Waals surface area contributed by atoms with E-state index in [2.05, 4.69) is 16.2 Å². The number of methoxy groups -OCH3 is 1. The van der Waals surface area contributed by atoms with Gasteiger partial charge < -0.3 is 18.9 Å². The molecule has 152 valence electrons. The van der Waals surface area contributed by atoms with E-state index in [9.17, 15) is 4.79 Å². The van der Waals surface area contributed by atoms with Crippen LogP contribution in [0.15, 0.2) is 47.0 Å². The molecule has 7 heteroatoms. The fourth-order valence-electron chi connectivity index (χ4n) is 2.97. The number of benzene rings is 2. The van der Waals surface area contributed by atoms with Gasteiger partial charge in [0.1, 0.15) is 18.0 Å². The third kappa shape index (κ3) is 5.34. The molecule has 0 aliphatic carbocycles. The van der Waals surface area contributed by atoms with Gasteiger partial charge in [0.05, 0.1) is 7.11 Å². The maximum Gasteiger partial charge on any atom is 0.260 e. The van der Waals surface area contributed by atoms with Crippen LogP contribution in [0.1, 0.15) is 23.9 Å². The van der Waals surface area contributed by atoms with Crippen LogP contribution in [-0.4, -0.2) is 41.2 Å². The molecule has 0 spiro atoms. The Labute approximate surface area is 170 Å². The van der Waals surface area contributed by atoms with Gasteiger partial charge in [-0.05, 0) is 68.3 Å². The van der Waals surface area contributed by atoms with Gasteiger partial charge >= 0.3 is 0 Å². The third-order valence-corrected chi connectivity index (χ3v) is 4.43. The first-order valence-corrected chi connectivity index (χ1v) is 9.44. The Hall–Kier alpha value is -3.35. The number of hydrogen-bond acceptors (Lipinski definition) is 6. The summed E-state index contributed by atoms with van der Waals surface area (Å²) in [6.07, 6.45) is 0. The van der Waals surface area contributed by atoms with E-state index in [4.69, 9.17) is 14.0 Å². The lowest BCUT2D eigenvalue weighted by Crippen LogP contribution is -2.34. The van der Waals surface area contributed by atoms with Crippen LogP contribution in [0, 0.1) is 13.8 Å². The van der Waals surface area contributed by atoms with Crippen LogP contribution in [-0.2, 0) is 11.3 Å². The molecule has 2 aromatic carbocycles. The van der Waals surface area contributed by atoms with E-state index in [1.165, 1.54) is 0 Å². The van der Waals surface area contributed by atoms with Gasteiger partial charge in [0.25, 0.3) is 5.91 Å². The van der Waals surface area contributed by atoms with E-state index >= 15 is 0 Å². The largest absolute Gasteiger partial charge is 0.497 e. The summed E-state index contributed by atoms with van der Waals surface area (Å²) in [5, 5.41) is 4.01. The van der Waals surface area contributed by atoms with Gasteiger partial charge in [0.2, 0.25) is 11.7 Å². The number of aromatic nitrogens is 2. The molecule has 0 fully saturated rings. The van der Waals surface area contributed by atoms with Crippen molar-refractivity contribution < 1.29 is 18.8 Å². The van der Waals surface area contributed by atoms with Crippen LogP contribution in [0.25, 0.3) is 11.4 Å². The van der Waals surface area contributed by atoms with E-state index in [0.717, 1.165) is 22.4 Å². The number of nitrogens with zero attached hydrogens (tertiary/aromatic N) is 3. The molecule has 0 atom stereocenters. The minimum absolute atomic E-state index is 0.0454. The lowest BCUT2D eigenvalue weighted by atomic mass is 10.1.